The van der Waals surface area contributed by atoms with Gasteiger partial charge < -0.3 is 15.4 Å². The molecule has 0 saturated heterocycles. The Morgan fingerprint density at radius 1 is 1.17 bits per heavy atom. The van der Waals surface area contributed by atoms with Gasteiger partial charge in [0.15, 0.2) is 6.61 Å². The van der Waals surface area contributed by atoms with Gasteiger partial charge >= 0.3 is 5.97 Å². The molecule has 3 rings (SSSR count). The number of nitrogens with one attached hydrogen (secondary N) is 2. The summed E-state index contributed by atoms with van der Waals surface area (Å²) in [6, 6.07) is 7.54. The van der Waals surface area contributed by atoms with Crippen molar-refractivity contribution in [3.63, 3.8) is 0 Å². The van der Waals surface area contributed by atoms with Crippen LogP contribution in [0.25, 0.3) is 0 Å². The third-order valence-corrected chi connectivity index (χ3v) is 5.87. The normalized spacial score (nSPS) is 12.8. The predicted octanol–water partition coefficient (Wildman–Crippen LogP) is 2.94. The number of carbonyl (C=O) groups excluding carboxylic acids is 3. The number of thiophene rings is 1. The quantitative estimate of drug-likeness (QED) is 0.542. The molecule has 1 heterocycles. The minimum Gasteiger partial charge on any atom is -0.454 e. The minimum absolute atomic E-state index is 0.190. The van der Waals surface area contributed by atoms with E-state index >= 15 is 0 Å². The Hall–Kier alpha value is -3.25. The van der Waals surface area contributed by atoms with Gasteiger partial charge in [0.1, 0.15) is 23.4 Å². The number of ether oxygens (including phenoxy) is 1. The Kier molecular flexibility index (Phi) is 7.14. The maximum Gasteiger partial charge on any atom is 0.325 e. The SMILES string of the molecule is N#Cc1c(NC(=O)COC(=O)CNC(=O)c2ccccc2F)sc2c1CCCCC2. The van der Waals surface area contributed by atoms with E-state index in [2.05, 4.69) is 16.7 Å². The average Bonchev–Trinajstić information content (AvgIpc) is 2.89. The molecule has 0 atom stereocenters. The summed E-state index contributed by atoms with van der Waals surface area (Å²) in [5.74, 6) is -2.87. The van der Waals surface area contributed by atoms with Crippen LogP contribution in [0, 0.1) is 17.1 Å². The molecule has 0 fully saturated rings. The molecule has 9 heteroatoms. The van der Waals surface area contributed by atoms with Gasteiger partial charge in [-0.15, -0.1) is 11.3 Å². The molecule has 0 aliphatic heterocycles. The highest BCUT2D eigenvalue weighted by molar-refractivity contribution is 7.16. The number of anilines is 1. The number of nitrogens with zero attached hydrogens (tertiary/aromatic N) is 1. The van der Waals surface area contributed by atoms with Crippen LogP contribution < -0.4 is 10.6 Å². The van der Waals surface area contributed by atoms with Gasteiger partial charge in [0.2, 0.25) is 0 Å². The van der Waals surface area contributed by atoms with Gasteiger partial charge in [0.25, 0.3) is 11.8 Å². The van der Waals surface area contributed by atoms with Gasteiger partial charge in [-0.25, -0.2) is 4.39 Å². The number of nitriles is 1. The molecular weight excluding hydrogens is 409 g/mol. The summed E-state index contributed by atoms with van der Waals surface area (Å²) in [6.07, 6.45) is 4.91. The van der Waals surface area contributed by atoms with Gasteiger partial charge in [-0.3, -0.25) is 14.4 Å². The first-order valence-electron chi connectivity index (χ1n) is 9.52. The third-order valence-electron chi connectivity index (χ3n) is 4.66. The maximum absolute atomic E-state index is 13.5. The van der Waals surface area contributed by atoms with Crippen LogP contribution in [0.4, 0.5) is 9.39 Å². The van der Waals surface area contributed by atoms with E-state index in [-0.39, 0.29) is 5.56 Å². The maximum atomic E-state index is 13.5. The Bertz CT molecular complexity index is 1010. The highest BCUT2D eigenvalue weighted by Gasteiger charge is 2.21. The summed E-state index contributed by atoms with van der Waals surface area (Å²) < 4.78 is 18.4. The van der Waals surface area contributed by atoms with Crippen molar-refractivity contribution < 1.29 is 23.5 Å². The third kappa shape index (κ3) is 5.21. The Morgan fingerprint density at radius 2 is 1.93 bits per heavy atom. The van der Waals surface area contributed by atoms with Crippen molar-refractivity contribution in [2.45, 2.75) is 32.1 Å². The lowest BCUT2D eigenvalue weighted by Crippen LogP contribution is -2.32. The van der Waals surface area contributed by atoms with Crippen molar-refractivity contribution in [2.75, 3.05) is 18.5 Å². The molecule has 2 amide bonds. The Labute approximate surface area is 176 Å². The fourth-order valence-electron chi connectivity index (χ4n) is 3.20. The molecular formula is C21H20FN3O4S. The highest BCUT2D eigenvalue weighted by Crippen LogP contribution is 2.36. The number of halogens is 1. The summed E-state index contributed by atoms with van der Waals surface area (Å²) in [7, 11) is 0. The molecule has 1 aliphatic carbocycles. The summed E-state index contributed by atoms with van der Waals surface area (Å²) in [5.41, 5.74) is 1.29. The molecule has 1 aromatic heterocycles. The van der Waals surface area contributed by atoms with E-state index in [4.69, 9.17) is 4.74 Å². The van der Waals surface area contributed by atoms with E-state index in [1.165, 1.54) is 29.5 Å². The number of hydrogen-bond donors (Lipinski definition) is 2. The van der Waals surface area contributed by atoms with Crippen molar-refractivity contribution in [3.05, 3.63) is 51.7 Å². The Morgan fingerprint density at radius 3 is 2.70 bits per heavy atom. The smallest absolute Gasteiger partial charge is 0.325 e. The van der Waals surface area contributed by atoms with Gasteiger partial charge in [-0.1, -0.05) is 18.6 Å². The first kappa shape index (κ1) is 21.5. The summed E-state index contributed by atoms with van der Waals surface area (Å²) >= 11 is 1.39. The molecule has 0 bridgehead atoms. The van der Waals surface area contributed by atoms with Crippen LogP contribution in [0.3, 0.4) is 0 Å². The molecule has 156 valence electrons. The molecule has 0 spiro atoms. The van der Waals surface area contributed by atoms with Crippen LogP contribution in [0.5, 0.6) is 0 Å². The predicted molar refractivity (Wildman–Crippen MR) is 109 cm³/mol. The number of hydrogen-bond acceptors (Lipinski definition) is 6. The fraction of sp³-hybridized carbons (Fsp3) is 0.333. The van der Waals surface area contributed by atoms with Crippen molar-refractivity contribution in [3.8, 4) is 6.07 Å². The largest absolute Gasteiger partial charge is 0.454 e. The van der Waals surface area contributed by atoms with E-state index in [1.54, 1.807) is 0 Å². The van der Waals surface area contributed by atoms with Crippen LogP contribution in [0.2, 0.25) is 0 Å². The monoisotopic (exact) mass is 429 g/mol. The van der Waals surface area contributed by atoms with E-state index < -0.39 is 36.8 Å². The van der Waals surface area contributed by atoms with Crippen LogP contribution in [0.15, 0.2) is 24.3 Å². The molecule has 7 nitrogen and oxygen atoms in total. The van der Waals surface area contributed by atoms with Crippen molar-refractivity contribution in [2.24, 2.45) is 0 Å². The molecule has 30 heavy (non-hydrogen) atoms. The van der Waals surface area contributed by atoms with Gasteiger partial charge in [-0.2, -0.15) is 5.26 Å². The molecule has 1 aliphatic rings. The molecule has 1 aromatic carbocycles. The van der Waals surface area contributed by atoms with E-state index in [1.807, 2.05) is 0 Å². The molecule has 0 radical (unpaired) electrons. The van der Waals surface area contributed by atoms with Crippen LogP contribution in [-0.2, 0) is 27.2 Å². The summed E-state index contributed by atoms with van der Waals surface area (Å²) in [4.78, 5) is 36.9. The van der Waals surface area contributed by atoms with Gasteiger partial charge in [0.05, 0.1) is 11.1 Å². The summed E-state index contributed by atoms with van der Waals surface area (Å²) in [6.45, 7) is -1.06. The first-order valence-corrected chi connectivity index (χ1v) is 10.3. The van der Waals surface area contributed by atoms with Gasteiger partial charge in [0, 0.05) is 4.88 Å². The lowest BCUT2D eigenvalue weighted by Gasteiger charge is -2.07. The number of carbonyl (C=O) groups is 3. The highest BCUT2D eigenvalue weighted by atomic mass is 32.1. The molecule has 0 saturated carbocycles. The zero-order valence-corrected chi connectivity index (χ0v) is 16.9. The second-order valence-electron chi connectivity index (χ2n) is 6.75. The standard InChI is InChI=1S/C21H20FN3O4S/c22-16-8-5-4-7-14(16)20(28)24-11-19(27)29-12-18(26)25-21-15(10-23)13-6-2-1-3-9-17(13)30-21/h4-5,7-8H,1-3,6,9,11-12H2,(H,24,28)(H,25,26). The number of aryl methyl sites for hydroxylation is 1. The number of fused-ring (bicyclic) bond motifs is 1. The van der Waals surface area contributed by atoms with Gasteiger partial charge in [-0.05, 0) is 43.4 Å². The lowest BCUT2D eigenvalue weighted by molar-refractivity contribution is -0.146. The van der Waals surface area contributed by atoms with Crippen molar-refractivity contribution >= 4 is 34.1 Å². The number of benzene rings is 1. The number of amides is 2. The van der Waals surface area contributed by atoms with Crippen LogP contribution in [0.1, 0.15) is 45.6 Å². The van der Waals surface area contributed by atoms with Crippen molar-refractivity contribution in [1.82, 2.24) is 5.32 Å². The zero-order valence-electron chi connectivity index (χ0n) is 16.1. The minimum atomic E-state index is -0.836. The number of esters is 1. The molecule has 2 aromatic rings. The first-order chi connectivity index (χ1) is 14.5. The Balaban J connectivity index is 1.49. The topological polar surface area (TPSA) is 108 Å². The van der Waals surface area contributed by atoms with E-state index in [9.17, 15) is 24.0 Å². The number of rotatable bonds is 6. The zero-order chi connectivity index (χ0) is 21.5. The van der Waals surface area contributed by atoms with Crippen molar-refractivity contribution in [1.29, 1.82) is 5.26 Å². The fourth-order valence-corrected chi connectivity index (χ4v) is 4.46. The van der Waals surface area contributed by atoms with Crippen LogP contribution in [-0.4, -0.2) is 30.9 Å². The lowest BCUT2D eigenvalue weighted by atomic mass is 10.1. The van der Waals surface area contributed by atoms with E-state index in [0.717, 1.165) is 48.6 Å². The second kappa shape index (κ2) is 9.98. The summed E-state index contributed by atoms with van der Waals surface area (Å²) in [5, 5.41) is 14.8. The van der Waals surface area contributed by atoms with E-state index in [0.29, 0.717) is 10.6 Å². The molecule has 2 N–H and O–H groups in total. The molecule has 0 unspecified atom stereocenters. The average molecular weight is 429 g/mol. The van der Waals surface area contributed by atoms with Crippen LogP contribution >= 0.6 is 11.3 Å². The second-order valence-corrected chi connectivity index (χ2v) is 7.86.